The van der Waals surface area contributed by atoms with Crippen LogP contribution in [0.4, 0.5) is 4.79 Å². The van der Waals surface area contributed by atoms with E-state index in [1.165, 1.54) is 19.2 Å². The fourth-order valence-corrected chi connectivity index (χ4v) is 2.17. The van der Waals surface area contributed by atoms with Crippen LogP contribution in [-0.4, -0.2) is 31.6 Å². The Bertz CT molecular complexity index is 838. The van der Waals surface area contributed by atoms with Crippen LogP contribution in [0.25, 0.3) is 0 Å². The molecular formula is C18H17ClN2O6. The lowest BCUT2D eigenvalue weighted by atomic mass is 10.2. The van der Waals surface area contributed by atoms with E-state index < -0.39 is 24.5 Å². The maximum atomic E-state index is 12.0. The first-order valence-corrected chi connectivity index (χ1v) is 8.08. The van der Waals surface area contributed by atoms with Gasteiger partial charge >= 0.3 is 12.0 Å². The molecule has 0 saturated carbocycles. The summed E-state index contributed by atoms with van der Waals surface area (Å²) in [4.78, 5) is 33.8. The van der Waals surface area contributed by atoms with E-state index in [0.29, 0.717) is 16.5 Å². The van der Waals surface area contributed by atoms with Gasteiger partial charge in [0.1, 0.15) is 6.61 Å². The van der Waals surface area contributed by atoms with Crippen LogP contribution in [0.1, 0.15) is 15.9 Å². The fraction of sp³-hybridized carbons (Fsp3) is 0.167. The molecule has 0 radical (unpaired) electrons. The third-order valence-electron chi connectivity index (χ3n) is 3.30. The number of amides is 3. The number of halogens is 1. The zero-order valence-corrected chi connectivity index (χ0v) is 15.1. The second kappa shape index (κ2) is 9.44. The van der Waals surface area contributed by atoms with Gasteiger partial charge < -0.3 is 19.9 Å². The summed E-state index contributed by atoms with van der Waals surface area (Å²) in [5.41, 5.74) is 5.85. The first-order valence-electron chi connectivity index (χ1n) is 7.70. The highest BCUT2D eigenvalue weighted by molar-refractivity contribution is 6.30. The second-order valence-corrected chi connectivity index (χ2v) is 5.71. The molecule has 0 atom stereocenters. The minimum absolute atomic E-state index is 0.151. The Kier molecular flexibility index (Phi) is 7.01. The first kappa shape index (κ1) is 20.1. The number of ether oxygens (including phenoxy) is 3. The molecule has 0 aromatic heterocycles. The lowest BCUT2D eigenvalue weighted by Gasteiger charge is -2.12. The Balaban J connectivity index is 1.99. The molecule has 0 unspecified atom stereocenters. The number of nitrogens with one attached hydrogen (secondary N) is 1. The van der Waals surface area contributed by atoms with Crippen molar-refractivity contribution in [2.45, 2.75) is 6.61 Å². The molecule has 0 fully saturated rings. The molecular weight excluding hydrogens is 376 g/mol. The molecule has 0 aliphatic rings. The fourth-order valence-electron chi connectivity index (χ4n) is 2.04. The Labute approximate surface area is 160 Å². The molecule has 9 heteroatoms. The largest absolute Gasteiger partial charge is 0.493 e. The van der Waals surface area contributed by atoms with Crippen molar-refractivity contribution in [1.82, 2.24) is 5.32 Å². The van der Waals surface area contributed by atoms with E-state index in [1.54, 1.807) is 23.5 Å². The van der Waals surface area contributed by atoms with E-state index in [-0.39, 0.29) is 12.2 Å². The maximum Gasteiger partial charge on any atom is 0.338 e. The van der Waals surface area contributed by atoms with Gasteiger partial charge in [-0.25, -0.2) is 9.59 Å². The Morgan fingerprint density at radius 3 is 2.41 bits per heavy atom. The van der Waals surface area contributed by atoms with Crippen molar-refractivity contribution < 1.29 is 28.6 Å². The van der Waals surface area contributed by atoms with Gasteiger partial charge in [-0.15, -0.1) is 0 Å². The highest BCUT2D eigenvalue weighted by Gasteiger charge is 2.14. The number of esters is 1. The number of hydrogen-bond acceptors (Lipinski definition) is 6. The number of benzene rings is 2. The van der Waals surface area contributed by atoms with Crippen LogP contribution in [0.3, 0.4) is 0 Å². The maximum absolute atomic E-state index is 12.0. The molecule has 3 amide bonds. The minimum atomic E-state index is -1.03. The highest BCUT2D eigenvalue weighted by Crippen LogP contribution is 2.29. The topological polar surface area (TPSA) is 117 Å². The molecule has 142 valence electrons. The number of nitrogens with two attached hydrogens (primary N) is 1. The van der Waals surface area contributed by atoms with Crippen molar-refractivity contribution in [2.24, 2.45) is 5.73 Å². The molecule has 0 spiro atoms. The molecule has 8 nitrogen and oxygen atoms in total. The van der Waals surface area contributed by atoms with Crippen molar-refractivity contribution in [2.75, 3.05) is 13.7 Å². The normalized spacial score (nSPS) is 10.0. The number of imide groups is 1. The van der Waals surface area contributed by atoms with Crippen LogP contribution in [0, 0.1) is 0 Å². The average Bonchev–Trinajstić information content (AvgIpc) is 2.65. The SMILES string of the molecule is COc1cc(C(=O)OCC(=O)NC(N)=O)ccc1OCc1ccc(Cl)cc1. The Morgan fingerprint density at radius 2 is 1.78 bits per heavy atom. The van der Waals surface area contributed by atoms with Crippen molar-refractivity contribution in [1.29, 1.82) is 0 Å². The molecule has 27 heavy (non-hydrogen) atoms. The molecule has 2 rings (SSSR count). The summed E-state index contributed by atoms with van der Waals surface area (Å²) in [7, 11) is 1.43. The predicted molar refractivity (Wildman–Crippen MR) is 96.8 cm³/mol. The molecule has 3 N–H and O–H groups in total. The number of methoxy groups -OCH3 is 1. The summed E-state index contributed by atoms with van der Waals surface area (Å²) in [6.45, 7) is -0.358. The van der Waals surface area contributed by atoms with Crippen molar-refractivity contribution in [3.05, 3.63) is 58.6 Å². The van der Waals surface area contributed by atoms with E-state index >= 15 is 0 Å². The van der Waals surface area contributed by atoms with Gasteiger partial charge in [0, 0.05) is 5.02 Å². The lowest BCUT2D eigenvalue weighted by molar-refractivity contribution is -0.123. The number of rotatable bonds is 7. The number of urea groups is 1. The summed E-state index contributed by atoms with van der Waals surface area (Å²) >= 11 is 5.84. The summed E-state index contributed by atoms with van der Waals surface area (Å²) in [6, 6.07) is 10.6. The van der Waals surface area contributed by atoms with Gasteiger partial charge in [-0.2, -0.15) is 0 Å². The summed E-state index contributed by atoms with van der Waals surface area (Å²) in [5.74, 6) is -0.849. The second-order valence-electron chi connectivity index (χ2n) is 5.27. The molecule has 2 aromatic carbocycles. The number of hydrogen-bond donors (Lipinski definition) is 2. The molecule has 0 heterocycles. The third-order valence-corrected chi connectivity index (χ3v) is 3.56. The van der Waals surface area contributed by atoms with Gasteiger partial charge in [-0.05, 0) is 35.9 Å². The van der Waals surface area contributed by atoms with Gasteiger partial charge in [0.25, 0.3) is 5.91 Å². The van der Waals surface area contributed by atoms with E-state index in [0.717, 1.165) is 5.56 Å². The van der Waals surface area contributed by atoms with Gasteiger partial charge in [0.2, 0.25) is 0 Å². The lowest BCUT2D eigenvalue weighted by Crippen LogP contribution is -2.37. The summed E-state index contributed by atoms with van der Waals surface area (Å²) < 4.78 is 15.7. The van der Waals surface area contributed by atoms with E-state index in [2.05, 4.69) is 0 Å². The van der Waals surface area contributed by atoms with E-state index in [1.807, 2.05) is 12.1 Å². The number of primary amides is 1. The number of carbonyl (C=O) groups is 3. The van der Waals surface area contributed by atoms with E-state index in [9.17, 15) is 14.4 Å². The van der Waals surface area contributed by atoms with Crippen LogP contribution in [0.2, 0.25) is 5.02 Å². The zero-order valence-electron chi connectivity index (χ0n) is 14.4. The van der Waals surface area contributed by atoms with Gasteiger partial charge in [-0.1, -0.05) is 23.7 Å². The minimum Gasteiger partial charge on any atom is -0.493 e. The smallest absolute Gasteiger partial charge is 0.338 e. The van der Waals surface area contributed by atoms with Crippen LogP contribution >= 0.6 is 11.6 Å². The van der Waals surface area contributed by atoms with Gasteiger partial charge in [0.05, 0.1) is 12.7 Å². The van der Waals surface area contributed by atoms with Crippen molar-refractivity contribution in [3.63, 3.8) is 0 Å². The van der Waals surface area contributed by atoms with Crippen LogP contribution in [0.5, 0.6) is 11.5 Å². The highest BCUT2D eigenvalue weighted by atomic mass is 35.5. The molecule has 2 aromatic rings. The van der Waals surface area contributed by atoms with Crippen LogP contribution in [0.15, 0.2) is 42.5 Å². The Hall–Kier alpha value is -3.26. The Morgan fingerprint density at radius 1 is 1.07 bits per heavy atom. The number of carbonyl (C=O) groups excluding carboxylic acids is 3. The standard InChI is InChI=1S/C18H17ClN2O6/c1-25-15-8-12(17(23)27-10-16(22)21-18(20)24)4-7-14(15)26-9-11-2-5-13(19)6-3-11/h2-8H,9-10H2,1H3,(H3,20,21,22,24). The summed E-state index contributed by atoms with van der Waals surface area (Å²) in [6.07, 6.45) is 0. The summed E-state index contributed by atoms with van der Waals surface area (Å²) in [5, 5.41) is 2.42. The van der Waals surface area contributed by atoms with Gasteiger partial charge in [0.15, 0.2) is 18.1 Å². The van der Waals surface area contributed by atoms with Crippen LogP contribution < -0.4 is 20.5 Å². The van der Waals surface area contributed by atoms with Crippen molar-refractivity contribution >= 4 is 29.5 Å². The molecule has 0 aliphatic carbocycles. The molecule has 0 bridgehead atoms. The predicted octanol–water partition coefficient (Wildman–Crippen LogP) is 2.28. The molecule has 0 aliphatic heterocycles. The van der Waals surface area contributed by atoms with E-state index in [4.69, 9.17) is 31.5 Å². The average molecular weight is 393 g/mol. The zero-order chi connectivity index (χ0) is 19.8. The van der Waals surface area contributed by atoms with Crippen LogP contribution in [-0.2, 0) is 16.1 Å². The third kappa shape index (κ3) is 6.19. The van der Waals surface area contributed by atoms with Crippen molar-refractivity contribution in [3.8, 4) is 11.5 Å². The quantitative estimate of drug-likeness (QED) is 0.698. The molecule has 0 saturated heterocycles. The first-order chi connectivity index (χ1) is 12.9. The monoisotopic (exact) mass is 392 g/mol. The van der Waals surface area contributed by atoms with Gasteiger partial charge in [-0.3, -0.25) is 10.1 Å².